The van der Waals surface area contributed by atoms with E-state index < -0.39 is 18.5 Å². The lowest BCUT2D eigenvalue weighted by atomic mass is 9.94. The Balaban J connectivity index is -0.000000496. The Labute approximate surface area is 183 Å². The first-order valence-corrected chi connectivity index (χ1v) is 9.49. The number of carbonyl (C=O) groups excluding carboxylic acids is 1. The van der Waals surface area contributed by atoms with Crippen molar-refractivity contribution < 1.29 is 53.8 Å². The largest absolute Gasteiger partial charge is 0.480 e. The third-order valence-electron chi connectivity index (χ3n) is 3.34. The number of ether oxygens (including phenoxy) is 4. The van der Waals surface area contributed by atoms with E-state index in [1.165, 1.54) is 7.11 Å². The van der Waals surface area contributed by atoms with Crippen LogP contribution in [-0.2, 0) is 33.3 Å². The molecule has 0 aromatic heterocycles. The third-order valence-corrected chi connectivity index (χ3v) is 3.34. The van der Waals surface area contributed by atoms with Crippen molar-refractivity contribution in [1.29, 1.82) is 0 Å². The first-order valence-electron chi connectivity index (χ1n) is 9.49. The maximum Gasteiger partial charge on any atom is 0.329 e. The monoisotopic (exact) mass is 454 g/mol. The summed E-state index contributed by atoms with van der Waals surface area (Å²) in [4.78, 5) is 29.0. The Kier molecular flexibility index (Phi) is 24.8. The average Bonchev–Trinajstić information content (AvgIpc) is 2.72. The summed E-state index contributed by atoms with van der Waals surface area (Å²) in [5.41, 5.74) is 0.992. The molecule has 1 heterocycles. The second kappa shape index (κ2) is 22.8. The summed E-state index contributed by atoms with van der Waals surface area (Å²) in [5.74, 6) is -1.76. The Morgan fingerprint density at radius 1 is 1.16 bits per heavy atom. The molecule has 0 aliphatic carbocycles. The number of rotatable bonds is 10. The van der Waals surface area contributed by atoms with Gasteiger partial charge in [0.15, 0.2) is 0 Å². The third kappa shape index (κ3) is 22.6. The molecule has 0 aromatic rings. The molecule has 1 rings (SSSR count). The van der Waals surface area contributed by atoms with Crippen LogP contribution < -0.4 is 0 Å². The number of carboxylic acids is 2. The zero-order chi connectivity index (χ0) is 24.8. The van der Waals surface area contributed by atoms with E-state index in [9.17, 15) is 9.59 Å². The first kappa shape index (κ1) is 33.7. The van der Waals surface area contributed by atoms with E-state index in [1.54, 1.807) is 0 Å². The lowest BCUT2D eigenvalue weighted by Gasteiger charge is -2.37. The Bertz CT molecular complexity index is 480. The van der Waals surface area contributed by atoms with Crippen LogP contribution in [0, 0.1) is 5.92 Å². The summed E-state index contributed by atoms with van der Waals surface area (Å²) in [7, 11) is 2.34. The highest BCUT2D eigenvalue weighted by molar-refractivity contribution is 5.68. The Hall–Kier alpha value is -1.89. The van der Waals surface area contributed by atoms with Crippen LogP contribution in [0.2, 0.25) is 0 Å². The quantitative estimate of drug-likeness (QED) is 0.266. The average molecular weight is 455 g/mol. The fourth-order valence-corrected chi connectivity index (χ4v) is 2.23. The van der Waals surface area contributed by atoms with E-state index in [0.717, 1.165) is 25.4 Å². The van der Waals surface area contributed by atoms with Gasteiger partial charge in [-0.1, -0.05) is 26.0 Å². The van der Waals surface area contributed by atoms with Crippen LogP contribution in [0.25, 0.3) is 0 Å². The van der Waals surface area contributed by atoms with Crippen molar-refractivity contribution in [3.05, 3.63) is 12.2 Å². The molecule has 4 N–H and O–H groups in total. The maximum absolute atomic E-state index is 10.4. The summed E-state index contributed by atoms with van der Waals surface area (Å²) in [6.07, 6.45) is 1.53. The SMILES string of the molecule is C=C(C)CO[C@H]1CO[C@@H](C(C)C)C(OCC=O)C1.CO.COCC(=O)O.O=C(O)CO. The first-order chi connectivity index (χ1) is 14.6. The van der Waals surface area contributed by atoms with Gasteiger partial charge in [0.05, 0.1) is 31.5 Å². The highest BCUT2D eigenvalue weighted by Gasteiger charge is 2.34. The topological polar surface area (TPSA) is 169 Å². The number of hydrogen-bond acceptors (Lipinski definition) is 9. The van der Waals surface area contributed by atoms with Gasteiger partial charge in [0.25, 0.3) is 0 Å². The van der Waals surface area contributed by atoms with Gasteiger partial charge in [-0.15, -0.1) is 0 Å². The molecule has 1 saturated heterocycles. The van der Waals surface area contributed by atoms with Gasteiger partial charge in [0.2, 0.25) is 0 Å². The van der Waals surface area contributed by atoms with E-state index in [4.69, 9.17) is 39.4 Å². The minimum atomic E-state index is -1.19. The minimum Gasteiger partial charge on any atom is -0.480 e. The normalized spacial score (nSPS) is 19.4. The summed E-state index contributed by atoms with van der Waals surface area (Å²) in [5, 5.41) is 29.8. The maximum atomic E-state index is 10.4. The molecule has 31 heavy (non-hydrogen) atoms. The van der Waals surface area contributed by atoms with E-state index in [1.807, 2.05) is 6.92 Å². The molecule has 1 unspecified atom stereocenters. The van der Waals surface area contributed by atoms with Gasteiger partial charge in [-0.3, -0.25) is 0 Å². The van der Waals surface area contributed by atoms with Crippen LogP contribution >= 0.6 is 0 Å². The van der Waals surface area contributed by atoms with Crippen molar-refractivity contribution in [2.45, 2.75) is 45.5 Å². The van der Waals surface area contributed by atoms with Crippen molar-refractivity contribution in [2.24, 2.45) is 5.92 Å². The number of carbonyl (C=O) groups is 3. The number of methoxy groups -OCH3 is 1. The number of carboxylic acid groups (broad SMARTS) is 2. The molecule has 1 aliphatic heterocycles. The summed E-state index contributed by atoms with van der Waals surface area (Å²) in [6.45, 7) is 10.2. The molecule has 0 aromatic carbocycles. The molecule has 1 aliphatic rings. The van der Waals surface area contributed by atoms with E-state index in [2.05, 4.69) is 25.2 Å². The zero-order valence-electron chi connectivity index (χ0n) is 19.0. The molecule has 11 nitrogen and oxygen atoms in total. The van der Waals surface area contributed by atoms with Crippen molar-refractivity contribution in [1.82, 2.24) is 0 Å². The molecular weight excluding hydrogens is 416 g/mol. The van der Waals surface area contributed by atoms with Gasteiger partial charge in [-0.2, -0.15) is 0 Å². The highest BCUT2D eigenvalue weighted by Crippen LogP contribution is 2.25. The fraction of sp³-hybridized carbons (Fsp3) is 0.750. The zero-order valence-corrected chi connectivity index (χ0v) is 19.0. The summed E-state index contributed by atoms with van der Waals surface area (Å²) >= 11 is 0. The van der Waals surface area contributed by atoms with Gasteiger partial charge >= 0.3 is 11.9 Å². The second-order valence-corrected chi connectivity index (χ2v) is 6.58. The second-order valence-electron chi connectivity index (χ2n) is 6.58. The number of aldehydes is 1. The van der Waals surface area contributed by atoms with Crippen LogP contribution in [0.5, 0.6) is 0 Å². The van der Waals surface area contributed by atoms with Crippen LogP contribution in [0.4, 0.5) is 0 Å². The lowest BCUT2D eigenvalue weighted by molar-refractivity contribution is -0.169. The fourth-order valence-electron chi connectivity index (χ4n) is 2.23. The Morgan fingerprint density at radius 2 is 1.71 bits per heavy atom. The number of aliphatic hydroxyl groups excluding tert-OH is 2. The summed E-state index contributed by atoms with van der Waals surface area (Å²) < 4.78 is 21.2. The molecule has 0 spiro atoms. The summed E-state index contributed by atoms with van der Waals surface area (Å²) in [6, 6.07) is 0. The van der Waals surface area contributed by atoms with E-state index in [-0.39, 0.29) is 31.5 Å². The van der Waals surface area contributed by atoms with E-state index >= 15 is 0 Å². The van der Waals surface area contributed by atoms with Gasteiger partial charge < -0.3 is 44.2 Å². The van der Waals surface area contributed by atoms with Gasteiger partial charge in [-0.25, -0.2) is 9.59 Å². The molecular formula is C20H38O11. The van der Waals surface area contributed by atoms with Crippen molar-refractivity contribution in [3.63, 3.8) is 0 Å². The number of hydrogen-bond donors (Lipinski definition) is 4. The number of aliphatic hydroxyl groups is 2. The highest BCUT2D eigenvalue weighted by atomic mass is 16.6. The van der Waals surface area contributed by atoms with Crippen molar-refractivity contribution >= 4 is 18.2 Å². The molecule has 0 bridgehead atoms. The number of aliphatic carboxylic acids is 2. The molecule has 184 valence electrons. The standard InChI is InChI=1S/C14H24O4.C3H6O3.C2H4O3.CH4O/c1-10(2)8-17-12-7-13(16-6-5-15)14(11(3)4)18-9-12;1-6-2-3(4)5;3-1-2(4)5;1-2/h5,11-14H,1,6-9H2,2-4H3;2H2,1H3,(H,4,5);3H,1H2,(H,4,5);2H,1H3/t12-,13?,14+;;;/m1.../s1. The van der Waals surface area contributed by atoms with E-state index in [0.29, 0.717) is 19.1 Å². The van der Waals surface area contributed by atoms with Crippen LogP contribution in [-0.4, -0.2) is 104 Å². The predicted molar refractivity (Wildman–Crippen MR) is 112 cm³/mol. The van der Waals surface area contributed by atoms with Crippen molar-refractivity contribution in [2.75, 3.05) is 47.3 Å². The van der Waals surface area contributed by atoms with Crippen LogP contribution in [0.15, 0.2) is 12.2 Å². The lowest BCUT2D eigenvalue weighted by Crippen LogP contribution is -2.46. The molecule has 0 radical (unpaired) electrons. The minimum absolute atomic E-state index is 0.0216. The van der Waals surface area contributed by atoms with Gasteiger partial charge in [0, 0.05) is 20.6 Å². The smallest absolute Gasteiger partial charge is 0.329 e. The van der Waals surface area contributed by atoms with Crippen molar-refractivity contribution in [3.8, 4) is 0 Å². The Morgan fingerprint density at radius 3 is 2.03 bits per heavy atom. The van der Waals surface area contributed by atoms with Crippen LogP contribution in [0.3, 0.4) is 0 Å². The molecule has 0 saturated carbocycles. The molecule has 0 amide bonds. The van der Waals surface area contributed by atoms with Gasteiger partial charge in [0.1, 0.15) is 26.1 Å². The molecule has 3 atom stereocenters. The predicted octanol–water partition coefficient (Wildman–Crippen LogP) is 0.366. The van der Waals surface area contributed by atoms with Gasteiger partial charge in [-0.05, 0) is 12.8 Å². The van der Waals surface area contributed by atoms with Crippen LogP contribution in [0.1, 0.15) is 27.2 Å². The molecule has 1 fully saturated rings. The molecule has 11 heteroatoms.